The van der Waals surface area contributed by atoms with E-state index < -0.39 is 5.97 Å². The number of carboxylic acid groups (broad SMARTS) is 1. The highest BCUT2D eigenvalue weighted by atomic mass is 32.2. The lowest BCUT2D eigenvalue weighted by molar-refractivity contribution is -0.297. The molecule has 0 spiro atoms. The van der Waals surface area contributed by atoms with Gasteiger partial charge in [-0.05, 0) is 41.6 Å². The summed E-state index contributed by atoms with van der Waals surface area (Å²) in [5.74, 6) is -0.622. The Bertz CT molecular complexity index is 1170. The zero-order chi connectivity index (χ0) is 18.8. The third-order valence-electron chi connectivity index (χ3n) is 3.92. The van der Waals surface area contributed by atoms with Gasteiger partial charge in [0, 0.05) is 15.8 Å². The number of nitrogens with zero attached hydrogens (tertiary/aromatic N) is 3. The number of nitrogens with one attached hydrogen (secondary N) is 1. The Balaban J connectivity index is 1.67. The summed E-state index contributed by atoms with van der Waals surface area (Å²) < 4.78 is 5.10. The zero-order valence-electron chi connectivity index (χ0n) is 14.2. The molecule has 0 bridgehead atoms. The SMILES string of the molecule is COc1ccc(/C=C(\Sc2nnc3c(n2)[nH]c2ccccc23)C(=O)[O-])cc1. The van der Waals surface area contributed by atoms with Crippen molar-refractivity contribution >= 4 is 45.9 Å². The normalized spacial score (nSPS) is 11.8. The van der Waals surface area contributed by atoms with Crippen LogP contribution < -0.4 is 9.84 Å². The lowest BCUT2D eigenvalue weighted by atomic mass is 10.2. The molecule has 0 aliphatic rings. The van der Waals surface area contributed by atoms with Gasteiger partial charge in [-0.25, -0.2) is 4.98 Å². The van der Waals surface area contributed by atoms with E-state index in [1.165, 1.54) is 6.08 Å². The Hall–Kier alpha value is -3.39. The van der Waals surface area contributed by atoms with Gasteiger partial charge in [-0.15, -0.1) is 10.2 Å². The number of carboxylic acids is 1. The number of para-hydroxylation sites is 1. The molecule has 8 heteroatoms. The molecule has 0 fully saturated rings. The third kappa shape index (κ3) is 3.47. The van der Waals surface area contributed by atoms with Crippen LogP contribution in [-0.2, 0) is 4.79 Å². The van der Waals surface area contributed by atoms with Crippen LogP contribution in [0.25, 0.3) is 28.1 Å². The van der Waals surface area contributed by atoms with Gasteiger partial charge in [0.05, 0.1) is 13.1 Å². The highest BCUT2D eigenvalue weighted by Crippen LogP contribution is 2.28. The van der Waals surface area contributed by atoms with Crippen molar-refractivity contribution in [1.82, 2.24) is 20.2 Å². The molecule has 4 rings (SSSR count). The number of ether oxygens (including phenoxy) is 1. The van der Waals surface area contributed by atoms with Crippen molar-refractivity contribution in [1.29, 1.82) is 0 Å². The minimum atomic E-state index is -1.31. The molecule has 0 radical (unpaired) electrons. The van der Waals surface area contributed by atoms with Crippen LogP contribution in [0, 0.1) is 0 Å². The number of carbonyl (C=O) groups excluding carboxylic acids is 1. The van der Waals surface area contributed by atoms with Crippen LogP contribution in [0.3, 0.4) is 0 Å². The van der Waals surface area contributed by atoms with Crippen LogP contribution in [0.5, 0.6) is 5.75 Å². The third-order valence-corrected chi connectivity index (χ3v) is 4.78. The summed E-state index contributed by atoms with van der Waals surface area (Å²) in [7, 11) is 1.57. The number of thioether (sulfide) groups is 1. The fourth-order valence-corrected chi connectivity index (χ4v) is 3.32. The first-order chi connectivity index (χ1) is 13.1. The number of H-pyrrole nitrogens is 1. The molecule has 2 aromatic heterocycles. The van der Waals surface area contributed by atoms with Crippen LogP contribution in [-0.4, -0.2) is 33.2 Å². The van der Waals surface area contributed by atoms with Gasteiger partial charge in [0.25, 0.3) is 0 Å². The number of methoxy groups -OCH3 is 1. The number of aromatic amines is 1. The summed E-state index contributed by atoms with van der Waals surface area (Å²) >= 11 is 0.889. The molecule has 134 valence electrons. The Kier molecular flexibility index (Phi) is 4.47. The average Bonchev–Trinajstić information content (AvgIpc) is 3.05. The summed E-state index contributed by atoms with van der Waals surface area (Å²) in [6, 6.07) is 14.7. The fourth-order valence-electron chi connectivity index (χ4n) is 2.63. The molecule has 0 amide bonds. The lowest BCUT2D eigenvalue weighted by Crippen LogP contribution is -2.23. The molecule has 0 atom stereocenters. The van der Waals surface area contributed by atoms with E-state index in [-0.39, 0.29) is 10.1 Å². The van der Waals surface area contributed by atoms with Crippen molar-refractivity contribution in [3.63, 3.8) is 0 Å². The number of fused-ring (bicyclic) bond motifs is 3. The maximum Gasteiger partial charge on any atom is 0.215 e. The predicted molar refractivity (Wildman–Crippen MR) is 101 cm³/mol. The quantitative estimate of drug-likeness (QED) is 0.421. The molecule has 0 saturated heterocycles. The summed E-state index contributed by atoms with van der Waals surface area (Å²) in [6.45, 7) is 0. The maximum absolute atomic E-state index is 11.5. The maximum atomic E-state index is 11.5. The van der Waals surface area contributed by atoms with E-state index in [9.17, 15) is 9.90 Å². The van der Waals surface area contributed by atoms with Crippen molar-refractivity contribution in [2.45, 2.75) is 5.16 Å². The number of rotatable bonds is 5. The van der Waals surface area contributed by atoms with Crippen LogP contribution >= 0.6 is 11.8 Å². The van der Waals surface area contributed by atoms with Gasteiger partial charge in [-0.3, -0.25) is 0 Å². The number of aromatic nitrogens is 4. The first-order valence-electron chi connectivity index (χ1n) is 8.00. The molecular formula is C19H13N4O3S-. The highest BCUT2D eigenvalue weighted by molar-refractivity contribution is 8.04. The van der Waals surface area contributed by atoms with Crippen molar-refractivity contribution < 1.29 is 14.6 Å². The predicted octanol–water partition coefficient (Wildman–Crippen LogP) is 2.40. The van der Waals surface area contributed by atoms with Gasteiger partial charge in [0.1, 0.15) is 11.3 Å². The standard InChI is InChI=1S/C19H14N4O3S/c1-26-12-8-6-11(7-9-12)10-15(18(24)25)27-19-21-17-16(22-23-19)13-4-2-3-5-14(13)20-17/h2-10H,1H3,(H,24,25)(H,20,21,23)/p-1/b15-10-. The monoisotopic (exact) mass is 377 g/mol. The van der Waals surface area contributed by atoms with Crippen LogP contribution in [0.2, 0.25) is 0 Å². The molecule has 7 nitrogen and oxygen atoms in total. The molecule has 0 saturated carbocycles. The Labute approximate surface area is 158 Å². The second-order valence-corrected chi connectivity index (χ2v) is 6.64. The molecule has 4 aromatic rings. The Morgan fingerprint density at radius 3 is 2.67 bits per heavy atom. The van der Waals surface area contributed by atoms with Crippen LogP contribution in [0.4, 0.5) is 0 Å². The fraction of sp³-hybridized carbons (Fsp3) is 0.0526. The molecule has 0 aliphatic heterocycles. The van der Waals surface area contributed by atoms with Crippen molar-refractivity contribution in [2.75, 3.05) is 7.11 Å². The summed E-state index contributed by atoms with van der Waals surface area (Å²) in [5, 5.41) is 20.9. The summed E-state index contributed by atoms with van der Waals surface area (Å²) in [4.78, 5) is 19.1. The van der Waals surface area contributed by atoms with E-state index in [0.29, 0.717) is 22.5 Å². The van der Waals surface area contributed by atoms with E-state index in [0.717, 1.165) is 22.7 Å². The number of hydrogen-bond acceptors (Lipinski definition) is 7. The van der Waals surface area contributed by atoms with Crippen molar-refractivity contribution in [3.8, 4) is 5.75 Å². The second-order valence-electron chi connectivity index (χ2n) is 5.63. The van der Waals surface area contributed by atoms with Crippen molar-refractivity contribution in [2.24, 2.45) is 0 Å². The van der Waals surface area contributed by atoms with E-state index in [1.807, 2.05) is 24.3 Å². The smallest absolute Gasteiger partial charge is 0.215 e. The number of hydrogen-bond donors (Lipinski definition) is 1. The largest absolute Gasteiger partial charge is 0.544 e. The average molecular weight is 377 g/mol. The Morgan fingerprint density at radius 2 is 1.93 bits per heavy atom. The topological polar surface area (TPSA) is 104 Å². The molecule has 0 aliphatic carbocycles. The minimum absolute atomic E-state index is 0.0163. The van der Waals surface area contributed by atoms with Gasteiger partial charge in [-0.2, -0.15) is 0 Å². The second kappa shape index (κ2) is 7.08. The van der Waals surface area contributed by atoms with E-state index in [4.69, 9.17) is 4.74 Å². The summed E-state index contributed by atoms with van der Waals surface area (Å²) in [5.41, 5.74) is 2.78. The first-order valence-corrected chi connectivity index (χ1v) is 8.82. The van der Waals surface area contributed by atoms with Gasteiger partial charge in [0.2, 0.25) is 5.16 Å². The molecule has 2 aromatic carbocycles. The minimum Gasteiger partial charge on any atom is -0.544 e. The number of benzene rings is 2. The zero-order valence-corrected chi connectivity index (χ0v) is 15.0. The molecule has 27 heavy (non-hydrogen) atoms. The van der Waals surface area contributed by atoms with Crippen LogP contribution in [0.15, 0.2) is 58.6 Å². The van der Waals surface area contributed by atoms with Gasteiger partial charge in [-0.1, -0.05) is 30.3 Å². The summed E-state index contributed by atoms with van der Waals surface area (Å²) in [6.07, 6.45) is 1.50. The van der Waals surface area contributed by atoms with Gasteiger partial charge >= 0.3 is 0 Å². The lowest BCUT2D eigenvalue weighted by Gasteiger charge is -2.07. The van der Waals surface area contributed by atoms with Crippen LogP contribution in [0.1, 0.15) is 5.56 Å². The van der Waals surface area contributed by atoms with E-state index in [1.54, 1.807) is 31.4 Å². The Morgan fingerprint density at radius 1 is 1.15 bits per heavy atom. The highest BCUT2D eigenvalue weighted by Gasteiger charge is 2.11. The van der Waals surface area contributed by atoms with Crippen molar-refractivity contribution in [3.05, 3.63) is 59.0 Å². The molecular weight excluding hydrogens is 364 g/mol. The van der Waals surface area contributed by atoms with E-state index >= 15 is 0 Å². The van der Waals surface area contributed by atoms with Gasteiger partial charge < -0.3 is 19.6 Å². The van der Waals surface area contributed by atoms with Gasteiger partial charge in [0.15, 0.2) is 5.65 Å². The molecule has 0 unspecified atom stereocenters. The first kappa shape index (κ1) is 17.0. The number of carbonyl (C=O) groups is 1. The molecule has 2 heterocycles. The number of aliphatic carboxylic acids is 1. The molecule has 1 N–H and O–H groups in total. The van der Waals surface area contributed by atoms with E-state index in [2.05, 4.69) is 20.2 Å².